The fraction of sp³-hybridized carbons (Fsp3) is 0.0500. The fourth-order valence-corrected chi connectivity index (χ4v) is 2.73. The number of rotatable bonds is 4. The Balaban J connectivity index is 1.50. The van der Waals surface area contributed by atoms with Gasteiger partial charge in [0.15, 0.2) is 5.65 Å². The van der Waals surface area contributed by atoms with Gasteiger partial charge in [0.05, 0.1) is 0 Å². The summed E-state index contributed by atoms with van der Waals surface area (Å²) in [5.74, 6) is -0.587. The Kier molecular flexibility index (Phi) is 4.15. The van der Waals surface area contributed by atoms with E-state index in [1.807, 2.05) is 28.8 Å². The molecule has 0 aliphatic carbocycles. The Hall–Kier alpha value is -3.54. The van der Waals surface area contributed by atoms with Crippen LogP contribution >= 0.6 is 0 Å². The van der Waals surface area contributed by atoms with E-state index < -0.39 is 0 Å². The number of carbonyl (C=O) groups excluding carboxylic acids is 1. The van der Waals surface area contributed by atoms with Crippen molar-refractivity contribution < 1.29 is 9.18 Å². The van der Waals surface area contributed by atoms with Gasteiger partial charge in [-0.05, 0) is 42.5 Å². The molecule has 2 aromatic heterocycles. The lowest BCUT2D eigenvalue weighted by atomic mass is 10.1. The smallest absolute Gasteiger partial charge is 0.251 e. The fourth-order valence-electron chi connectivity index (χ4n) is 2.73. The number of nitrogens with zero attached hydrogens (tertiary/aromatic N) is 3. The van der Waals surface area contributed by atoms with E-state index in [9.17, 15) is 9.18 Å². The predicted molar refractivity (Wildman–Crippen MR) is 96.4 cm³/mol. The molecule has 128 valence electrons. The third-order valence-corrected chi connectivity index (χ3v) is 4.11. The number of benzene rings is 2. The van der Waals surface area contributed by atoms with Gasteiger partial charge in [0.2, 0.25) is 0 Å². The molecule has 4 rings (SSSR count). The van der Waals surface area contributed by atoms with Gasteiger partial charge < -0.3 is 5.32 Å². The summed E-state index contributed by atoms with van der Waals surface area (Å²) < 4.78 is 15.5. The summed E-state index contributed by atoms with van der Waals surface area (Å²) in [4.78, 5) is 20.9. The molecular weight excluding hydrogens is 331 g/mol. The van der Waals surface area contributed by atoms with Gasteiger partial charge in [-0.25, -0.2) is 14.4 Å². The molecule has 0 saturated carbocycles. The Morgan fingerprint density at radius 3 is 2.62 bits per heavy atom. The number of imidazole rings is 1. The topological polar surface area (TPSA) is 59.8 Å². The normalized spacial score (nSPS) is 10.8. The number of fused-ring (bicyclic) bond motifs is 1. The molecule has 1 N–H and O–H groups in total. The highest BCUT2D eigenvalue weighted by Gasteiger charge is 2.09. The number of hydrogen-bond donors (Lipinski definition) is 1. The molecule has 0 aliphatic heterocycles. The second-order valence-corrected chi connectivity index (χ2v) is 5.78. The second kappa shape index (κ2) is 6.76. The van der Waals surface area contributed by atoms with Gasteiger partial charge >= 0.3 is 0 Å². The van der Waals surface area contributed by atoms with Crippen LogP contribution in [0.15, 0.2) is 73.2 Å². The van der Waals surface area contributed by atoms with Crippen molar-refractivity contribution in [3.05, 3.63) is 90.1 Å². The summed E-state index contributed by atoms with van der Waals surface area (Å²) in [6.45, 7) is 0.142. The Morgan fingerprint density at radius 1 is 1.00 bits per heavy atom. The lowest BCUT2D eigenvalue weighted by molar-refractivity contribution is 0.0950. The maximum absolute atomic E-state index is 13.6. The highest BCUT2D eigenvalue weighted by atomic mass is 19.1. The van der Waals surface area contributed by atoms with Crippen LogP contribution in [0.2, 0.25) is 0 Å². The molecular formula is C20H15FN4O. The highest BCUT2D eigenvalue weighted by molar-refractivity contribution is 5.94. The van der Waals surface area contributed by atoms with Crippen molar-refractivity contribution in [2.24, 2.45) is 0 Å². The van der Waals surface area contributed by atoms with Crippen molar-refractivity contribution in [3.8, 4) is 5.69 Å². The lowest BCUT2D eigenvalue weighted by Crippen LogP contribution is -2.23. The molecule has 5 nitrogen and oxygen atoms in total. The van der Waals surface area contributed by atoms with Gasteiger partial charge in [0.25, 0.3) is 5.91 Å². The predicted octanol–water partition coefficient (Wildman–Crippen LogP) is 3.49. The van der Waals surface area contributed by atoms with Crippen molar-refractivity contribution in [2.45, 2.75) is 6.54 Å². The van der Waals surface area contributed by atoms with Gasteiger partial charge in [-0.2, -0.15) is 0 Å². The van der Waals surface area contributed by atoms with E-state index in [-0.39, 0.29) is 18.3 Å². The van der Waals surface area contributed by atoms with Gasteiger partial charge in [-0.15, -0.1) is 0 Å². The Labute approximate surface area is 149 Å². The van der Waals surface area contributed by atoms with Crippen molar-refractivity contribution in [3.63, 3.8) is 0 Å². The van der Waals surface area contributed by atoms with Crippen molar-refractivity contribution in [1.82, 2.24) is 19.9 Å². The van der Waals surface area contributed by atoms with Crippen LogP contribution in [0.25, 0.3) is 16.9 Å². The van der Waals surface area contributed by atoms with E-state index in [2.05, 4.69) is 15.3 Å². The second-order valence-electron chi connectivity index (χ2n) is 5.78. The van der Waals surface area contributed by atoms with Crippen LogP contribution in [0, 0.1) is 5.82 Å². The summed E-state index contributed by atoms with van der Waals surface area (Å²) in [6.07, 6.45) is 3.41. The SMILES string of the molecule is O=C(NCc1ccccc1F)c1ccc(-n2cnc3cccnc32)cc1. The molecule has 0 aliphatic rings. The van der Waals surface area contributed by atoms with Gasteiger partial charge in [0.1, 0.15) is 17.7 Å². The number of nitrogens with one attached hydrogen (secondary N) is 1. The number of carbonyl (C=O) groups is 1. The third kappa shape index (κ3) is 3.04. The minimum atomic E-state index is -0.331. The molecule has 2 aromatic carbocycles. The van der Waals surface area contributed by atoms with Crippen LogP contribution in [-0.2, 0) is 6.54 Å². The van der Waals surface area contributed by atoms with E-state index in [1.54, 1.807) is 42.9 Å². The molecule has 0 saturated heterocycles. The van der Waals surface area contributed by atoms with Crippen LogP contribution in [0.5, 0.6) is 0 Å². The summed E-state index contributed by atoms with van der Waals surface area (Å²) in [5.41, 5.74) is 3.37. The van der Waals surface area contributed by atoms with E-state index >= 15 is 0 Å². The molecule has 6 heteroatoms. The van der Waals surface area contributed by atoms with Crippen LogP contribution < -0.4 is 5.32 Å². The molecule has 1 amide bonds. The zero-order chi connectivity index (χ0) is 17.9. The number of aromatic nitrogens is 3. The number of halogens is 1. The summed E-state index contributed by atoms with van der Waals surface area (Å²) in [5, 5.41) is 2.73. The van der Waals surface area contributed by atoms with E-state index in [0.29, 0.717) is 11.1 Å². The van der Waals surface area contributed by atoms with Crippen LogP contribution in [0.1, 0.15) is 15.9 Å². The zero-order valence-corrected chi connectivity index (χ0v) is 13.8. The van der Waals surface area contributed by atoms with Crippen LogP contribution in [-0.4, -0.2) is 20.4 Å². The van der Waals surface area contributed by atoms with Crippen molar-refractivity contribution >= 4 is 17.1 Å². The number of pyridine rings is 1. The quantitative estimate of drug-likeness (QED) is 0.615. The molecule has 0 radical (unpaired) electrons. The highest BCUT2D eigenvalue weighted by Crippen LogP contribution is 2.16. The average Bonchev–Trinajstić information content (AvgIpc) is 3.11. The van der Waals surface area contributed by atoms with Crippen molar-refractivity contribution in [2.75, 3.05) is 0 Å². The van der Waals surface area contributed by atoms with E-state index in [4.69, 9.17) is 0 Å². The van der Waals surface area contributed by atoms with Gasteiger partial charge in [-0.3, -0.25) is 9.36 Å². The number of amides is 1. The molecule has 0 fully saturated rings. The first-order valence-electron chi connectivity index (χ1n) is 8.12. The summed E-state index contributed by atoms with van der Waals surface area (Å²) >= 11 is 0. The zero-order valence-electron chi connectivity index (χ0n) is 13.8. The Bertz CT molecular complexity index is 1070. The molecule has 26 heavy (non-hydrogen) atoms. The van der Waals surface area contributed by atoms with E-state index in [1.165, 1.54) is 6.07 Å². The maximum Gasteiger partial charge on any atom is 0.251 e. The van der Waals surface area contributed by atoms with Crippen LogP contribution in [0.3, 0.4) is 0 Å². The molecule has 2 heterocycles. The summed E-state index contributed by atoms with van der Waals surface area (Å²) in [6, 6.07) is 17.2. The molecule has 0 atom stereocenters. The minimum absolute atomic E-state index is 0.142. The first-order valence-corrected chi connectivity index (χ1v) is 8.12. The summed E-state index contributed by atoms with van der Waals surface area (Å²) in [7, 11) is 0. The van der Waals surface area contributed by atoms with E-state index in [0.717, 1.165) is 16.9 Å². The van der Waals surface area contributed by atoms with Gasteiger partial charge in [-0.1, -0.05) is 18.2 Å². The Morgan fingerprint density at radius 2 is 1.81 bits per heavy atom. The number of hydrogen-bond acceptors (Lipinski definition) is 3. The first kappa shape index (κ1) is 16.0. The first-order chi connectivity index (χ1) is 12.7. The lowest BCUT2D eigenvalue weighted by Gasteiger charge is -2.08. The largest absolute Gasteiger partial charge is 0.348 e. The molecule has 0 unspecified atom stereocenters. The molecule has 0 spiro atoms. The molecule has 4 aromatic rings. The van der Waals surface area contributed by atoms with Gasteiger partial charge in [0, 0.05) is 29.6 Å². The average molecular weight is 346 g/mol. The standard InChI is InChI=1S/C20H15FN4O/c21-17-5-2-1-4-15(17)12-23-20(26)14-7-9-16(10-8-14)25-13-24-18-6-3-11-22-19(18)25/h1-11,13H,12H2,(H,23,26). The monoisotopic (exact) mass is 346 g/mol. The maximum atomic E-state index is 13.6. The third-order valence-electron chi connectivity index (χ3n) is 4.11. The van der Waals surface area contributed by atoms with Crippen molar-refractivity contribution in [1.29, 1.82) is 0 Å². The minimum Gasteiger partial charge on any atom is -0.348 e. The van der Waals surface area contributed by atoms with Crippen LogP contribution in [0.4, 0.5) is 4.39 Å². The molecule has 0 bridgehead atoms.